The number of hydrogen-bond acceptors (Lipinski definition) is 3. The number of benzene rings is 3. The Bertz CT molecular complexity index is 1170. The Morgan fingerprint density at radius 1 is 0.848 bits per heavy atom. The predicted octanol–water partition coefficient (Wildman–Crippen LogP) is 4.70. The normalized spacial score (nSPS) is 19.1. The lowest BCUT2D eigenvalue weighted by molar-refractivity contribution is -0.134. The first-order chi connectivity index (χ1) is 16.2. The number of hydrogen-bond donors (Lipinski definition) is 0. The van der Waals surface area contributed by atoms with Crippen molar-refractivity contribution >= 4 is 5.91 Å². The Morgan fingerprint density at radius 2 is 1.64 bits per heavy atom. The van der Waals surface area contributed by atoms with Crippen LogP contribution in [0.1, 0.15) is 40.7 Å². The SMILES string of the molecule is O=C(N1CCOc2ccc(CN3CCc4ccccc4C3)cc2C1)C1(c2ccccc2)CC1. The molecule has 3 aromatic rings. The van der Waals surface area contributed by atoms with Gasteiger partial charge in [0.15, 0.2) is 0 Å². The minimum Gasteiger partial charge on any atom is -0.491 e. The van der Waals surface area contributed by atoms with Gasteiger partial charge in [-0.15, -0.1) is 0 Å². The van der Waals surface area contributed by atoms with Crippen molar-refractivity contribution in [3.8, 4) is 5.75 Å². The van der Waals surface area contributed by atoms with Gasteiger partial charge in [0, 0.05) is 31.7 Å². The number of rotatable bonds is 4. The fourth-order valence-electron chi connectivity index (χ4n) is 5.48. The lowest BCUT2D eigenvalue weighted by Crippen LogP contribution is -2.40. The fourth-order valence-corrected chi connectivity index (χ4v) is 5.48. The molecule has 1 saturated carbocycles. The highest BCUT2D eigenvalue weighted by Crippen LogP contribution is 2.50. The summed E-state index contributed by atoms with van der Waals surface area (Å²) < 4.78 is 6.05. The van der Waals surface area contributed by atoms with Crippen LogP contribution in [-0.4, -0.2) is 35.4 Å². The van der Waals surface area contributed by atoms with Gasteiger partial charge in [-0.05, 0) is 53.6 Å². The van der Waals surface area contributed by atoms with Gasteiger partial charge in [0.2, 0.25) is 5.91 Å². The predicted molar refractivity (Wildman–Crippen MR) is 129 cm³/mol. The molecule has 2 aliphatic heterocycles. The van der Waals surface area contributed by atoms with Crippen LogP contribution in [0, 0.1) is 0 Å². The molecule has 4 nitrogen and oxygen atoms in total. The molecule has 3 aliphatic rings. The summed E-state index contributed by atoms with van der Waals surface area (Å²) in [5, 5.41) is 0. The smallest absolute Gasteiger partial charge is 0.233 e. The highest BCUT2D eigenvalue weighted by molar-refractivity contribution is 5.91. The van der Waals surface area contributed by atoms with E-state index in [1.54, 1.807) is 0 Å². The number of carbonyl (C=O) groups is 1. The van der Waals surface area contributed by atoms with Gasteiger partial charge >= 0.3 is 0 Å². The van der Waals surface area contributed by atoms with Gasteiger partial charge in [-0.3, -0.25) is 9.69 Å². The van der Waals surface area contributed by atoms with Crippen molar-refractivity contribution in [3.05, 3.63) is 101 Å². The number of ether oxygens (including phenoxy) is 1. The second kappa shape index (κ2) is 8.35. The van der Waals surface area contributed by atoms with Crippen LogP contribution < -0.4 is 4.74 Å². The van der Waals surface area contributed by atoms with E-state index in [1.807, 2.05) is 23.1 Å². The first kappa shape index (κ1) is 20.5. The first-order valence-electron chi connectivity index (χ1n) is 12.1. The molecule has 33 heavy (non-hydrogen) atoms. The van der Waals surface area contributed by atoms with E-state index in [0.29, 0.717) is 19.7 Å². The second-order valence-corrected chi connectivity index (χ2v) is 9.69. The highest BCUT2D eigenvalue weighted by Gasteiger charge is 2.53. The van der Waals surface area contributed by atoms with Crippen molar-refractivity contribution in [1.29, 1.82) is 0 Å². The van der Waals surface area contributed by atoms with Crippen LogP contribution in [0.5, 0.6) is 5.75 Å². The van der Waals surface area contributed by atoms with Crippen molar-refractivity contribution in [2.45, 2.75) is 44.3 Å². The van der Waals surface area contributed by atoms with Crippen molar-refractivity contribution in [2.75, 3.05) is 19.7 Å². The van der Waals surface area contributed by atoms with Gasteiger partial charge in [-0.2, -0.15) is 0 Å². The molecule has 0 N–H and O–H groups in total. The molecule has 2 heterocycles. The standard InChI is InChI=1S/C29H30N2O2/c32-28(29(13-14-29)26-8-2-1-3-9-26)31-16-17-33-27-11-10-22(18-25(27)21-31)19-30-15-12-23-6-4-5-7-24(23)20-30/h1-11,18H,12-17,19-21H2. The summed E-state index contributed by atoms with van der Waals surface area (Å²) >= 11 is 0. The fraction of sp³-hybridized carbons (Fsp3) is 0.345. The molecular weight excluding hydrogens is 408 g/mol. The van der Waals surface area contributed by atoms with Gasteiger partial charge in [-0.1, -0.05) is 60.7 Å². The third kappa shape index (κ3) is 3.93. The molecule has 168 valence electrons. The topological polar surface area (TPSA) is 32.8 Å². The van der Waals surface area contributed by atoms with Crippen LogP contribution in [0.15, 0.2) is 72.8 Å². The average molecular weight is 439 g/mol. The number of amides is 1. The quantitative estimate of drug-likeness (QED) is 0.592. The molecule has 3 aromatic carbocycles. The van der Waals surface area contributed by atoms with E-state index in [2.05, 4.69) is 59.5 Å². The summed E-state index contributed by atoms with van der Waals surface area (Å²) in [5.41, 5.74) is 6.15. The molecule has 0 aromatic heterocycles. The number of carbonyl (C=O) groups excluding carboxylic acids is 1. The van der Waals surface area contributed by atoms with E-state index in [1.165, 1.54) is 16.7 Å². The van der Waals surface area contributed by atoms with Crippen LogP contribution in [-0.2, 0) is 36.3 Å². The van der Waals surface area contributed by atoms with Crippen molar-refractivity contribution in [2.24, 2.45) is 0 Å². The first-order valence-corrected chi connectivity index (χ1v) is 12.1. The van der Waals surface area contributed by atoms with Crippen molar-refractivity contribution in [3.63, 3.8) is 0 Å². The van der Waals surface area contributed by atoms with E-state index in [9.17, 15) is 4.79 Å². The van der Waals surface area contributed by atoms with Crippen LogP contribution in [0.4, 0.5) is 0 Å². The van der Waals surface area contributed by atoms with Gasteiger partial charge in [0.05, 0.1) is 12.0 Å². The summed E-state index contributed by atoms with van der Waals surface area (Å²) in [4.78, 5) is 18.2. The average Bonchev–Trinajstić information content (AvgIpc) is 3.68. The second-order valence-electron chi connectivity index (χ2n) is 9.69. The summed E-state index contributed by atoms with van der Waals surface area (Å²) in [7, 11) is 0. The molecule has 0 atom stereocenters. The minimum absolute atomic E-state index is 0.253. The maximum Gasteiger partial charge on any atom is 0.233 e. The van der Waals surface area contributed by atoms with Crippen LogP contribution in [0.3, 0.4) is 0 Å². The summed E-state index contributed by atoms with van der Waals surface area (Å²) in [6, 6.07) is 25.6. The molecule has 0 radical (unpaired) electrons. The van der Waals surface area contributed by atoms with Gasteiger partial charge in [-0.25, -0.2) is 0 Å². The van der Waals surface area contributed by atoms with E-state index < -0.39 is 0 Å². The van der Waals surface area contributed by atoms with Gasteiger partial charge in [0.1, 0.15) is 12.4 Å². The van der Waals surface area contributed by atoms with Crippen LogP contribution >= 0.6 is 0 Å². The maximum atomic E-state index is 13.6. The monoisotopic (exact) mass is 438 g/mol. The molecule has 0 saturated heterocycles. The maximum absolute atomic E-state index is 13.6. The molecule has 0 bridgehead atoms. The number of fused-ring (bicyclic) bond motifs is 2. The molecule has 6 rings (SSSR count). The van der Waals surface area contributed by atoms with Gasteiger partial charge in [0.25, 0.3) is 0 Å². The Morgan fingerprint density at radius 3 is 2.45 bits per heavy atom. The zero-order valence-corrected chi connectivity index (χ0v) is 19.0. The summed E-state index contributed by atoms with van der Waals surface area (Å²) in [6.07, 6.45) is 2.99. The lowest BCUT2D eigenvalue weighted by Gasteiger charge is -2.29. The Balaban J connectivity index is 1.19. The van der Waals surface area contributed by atoms with Crippen LogP contribution in [0.2, 0.25) is 0 Å². The lowest BCUT2D eigenvalue weighted by atomic mass is 9.94. The third-order valence-electron chi connectivity index (χ3n) is 7.49. The summed E-state index contributed by atoms with van der Waals surface area (Å²) in [5.74, 6) is 1.17. The summed E-state index contributed by atoms with van der Waals surface area (Å²) in [6.45, 7) is 4.80. The number of nitrogens with zero attached hydrogens (tertiary/aromatic N) is 2. The zero-order valence-electron chi connectivity index (χ0n) is 19.0. The van der Waals surface area contributed by atoms with E-state index in [4.69, 9.17) is 4.74 Å². The van der Waals surface area contributed by atoms with Crippen LogP contribution in [0.25, 0.3) is 0 Å². The molecular formula is C29H30N2O2. The largest absolute Gasteiger partial charge is 0.491 e. The Kier molecular flexibility index (Phi) is 5.18. The molecule has 0 spiro atoms. The Labute approximate surface area is 195 Å². The minimum atomic E-state index is -0.329. The molecule has 0 unspecified atom stereocenters. The van der Waals surface area contributed by atoms with E-state index >= 15 is 0 Å². The Hall–Kier alpha value is -3.11. The van der Waals surface area contributed by atoms with Crippen molar-refractivity contribution in [1.82, 2.24) is 9.80 Å². The molecule has 1 amide bonds. The molecule has 1 aliphatic carbocycles. The molecule has 4 heteroatoms. The van der Waals surface area contributed by atoms with E-state index in [-0.39, 0.29) is 11.3 Å². The van der Waals surface area contributed by atoms with Gasteiger partial charge < -0.3 is 9.64 Å². The third-order valence-corrected chi connectivity index (χ3v) is 7.49. The highest BCUT2D eigenvalue weighted by atomic mass is 16.5. The van der Waals surface area contributed by atoms with E-state index in [0.717, 1.165) is 55.8 Å². The van der Waals surface area contributed by atoms with Crippen molar-refractivity contribution < 1.29 is 9.53 Å². The molecule has 1 fully saturated rings. The zero-order chi connectivity index (χ0) is 22.3.